The molecule has 0 radical (unpaired) electrons. The van der Waals surface area contributed by atoms with E-state index in [4.69, 9.17) is 0 Å². The Hall–Kier alpha value is -2.79. The van der Waals surface area contributed by atoms with Gasteiger partial charge in [-0.3, -0.25) is 9.69 Å². The Bertz CT molecular complexity index is 1160. The highest BCUT2D eigenvalue weighted by Gasteiger charge is 2.37. The standard InChI is InChI=1S/C27H34F4N6O/c1-18-3-6-23-24(18)25(33-17-32-23)36-11-13-37(14-12-36)26(38)20(16-35-9-7-34(2)8-10-35)19-4-5-21(22(28)15-19)27(29,30)31/h4-5,15,17-18,20H,3,6-14,16H2,1-2H3/t18-,20+/m1/s1. The number of halogens is 4. The van der Waals surface area contributed by atoms with Crippen LogP contribution in [0.3, 0.4) is 0 Å². The monoisotopic (exact) mass is 534 g/mol. The molecule has 3 aliphatic rings. The molecule has 206 valence electrons. The summed E-state index contributed by atoms with van der Waals surface area (Å²) in [4.78, 5) is 31.1. The molecule has 2 aliphatic heterocycles. The number of aromatic nitrogens is 2. The van der Waals surface area contributed by atoms with Gasteiger partial charge in [0.2, 0.25) is 5.91 Å². The normalized spacial score (nSPS) is 22.0. The van der Waals surface area contributed by atoms with Gasteiger partial charge in [-0.05, 0) is 43.5 Å². The molecule has 2 saturated heterocycles. The van der Waals surface area contributed by atoms with Crippen molar-refractivity contribution < 1.29 is 22.4 Å². The summed E-state index contributed by atoms with van der Waals surface area (Å²) in [6.07, 6.45) is -1.18. The molecular formula is C27H34F4N6O. The Labute approximate surface area is 220 Å². The molecule has 2 aromatic rings. The highest BCUT2D eigenvalue weighted by Crippen LogP contribution is 2.37. The summed E-state index contributed by atoms with van der Waals surface area (Å²) < 4.78 is 54.1. The van der Waals surface area contributed by atoms with Gasteiger partial charge in [-0.15, -0.1) is 0 Å². The third kappa shape index (κ3) is 5.49. The number of piperazine rings is 2. The highest BCUT2D eigenvalue weighted by atomic mass is 19.4. The topological polar surface area (TPSA) is 55.8 Å². The van der Waals surface area contributed by atoms with Crippen molar-refractivity contribution in [1.82, 2.24) is 24.7 Å². The first-order chi connectivity index (χ1) is 18.1. The van der Waals surface area contributed by atoms with Gasteiger partial charge in [0.25, 0.3) is 0 Å². The molecule has 0 N–H and O–H groups in total. The number of benzene rings is 1. The summed E-state index contributed by atoms with van der Waals surface area (Å²) in [5.74, 6) is -0.939. The van der Waals surface area contributed by atoms with Crippen LogP contribution in [0, 0.1) is 5.82 Å². The fourth-order valence-electron chi connectivity index (χ4n) is 5.83. The van der Waals surface area contributed by atoms with Gasteiger partial charge < -0.3 is 14.7 Å². The highest BCUT2D eigenvalue weighted by molar-refractivity contribution is 5.84. The van der Waals surface area contributed by atoms with E-state index in [0.717, 1.165) is 62.7 Å². The average molecular weight is 535 g/mol. The number of aryl methyl sites for hydroxylation is 1. The minimum absolute atomic E-state index is 0.177. The molecule has 1 aliphatic carbocycles. The molecule has 0 spiro atoms. The van der Waals surface area contributed by atoms with Gasteiger partial charge in [-0.25, -0.2) is 14.4 Å². The lowest BCUT2D eigenvalue weighted by atomic mass is 9.94. The van der Waals surface area contributed by atoms with Crippen molar-refractivity contribution in [3.8, 4) is 0 Å². The Kier molecular flexibility index (Phi) is 7.59. The van der Waals surface area contributed by atoms with E-state index in [0.29, 0.717) is 38.6 Å². The Balaban J connectivity index is 1.34. The summed E-state index contributed by atoms with van der Waals surface area (Å²) in [5.41, 5.74) is 1.26. The smallest absolute Gasteiger partial charge is 0.353 e. The maximum atomic E-state index is 14.5. The fourth-order valence-corrected chi connectivity index (χ4v) is 5.83. The second-order valence-electron chi connectivity index (χ2n) is 10.7. The van der Waals surface area contributed by atoms with Crippen molar-refractivity contribution in [3.05, 3.63) is 52.7 Å². The molecule has 0 unspecified atom stereocenters. The first kappa shape index (κ1) is 26.8. The number of carbonyl (C=O) groups excluding carboxylic acids is 1. The lowest BCUT2D eigenvalue weighted by Gasteiger charge is -2.39. The van der Waals surface area contributed by atoms with Crippen LogP contribution in [0.5, 0.6) is 0 Å². The number of anilines is 1. The minimum atomic E-state index is -4.78. The van der Waals surface area contributed by atoms with Crippen LogP contribution < -0.4 is 4.90 Å². The third-order valence-corrected chi connectivity index (χ3v) is 8.18. The van der Waals surface area contributed by atoms with E-state index < -0.39 is 23.5 Å². The van der Waals surface area contributed by atoms with Crippen LogP contribution in [0.2, 0.25) is 0 Å². The number of amides is 1. The molecule has 7 nitrogen and oxygen atoms in total. The van der Waals surface area contributed by atoms with Crippen LogP contribution in [0.1, 0.15) is 47.6 Å². The predicted molar refractivity (Wildman–Crippen MR) is 136 cm³/mol. The number of hydrogen-bond donors (Lipinski definition) is 0. The fraction of sp³-hybridized carbons (Fsp3) is 0.593. The number of carbonyl (C=O) groups is 1. The predicted octanol–water partition coefficient (Wildman–Crippen LogP) is 3.36. The van der Waals surface area contributed by atoms with Crippen molar-refractivity contribution in [1.29, 1.82) is 0 Å². The van der Waals surface area contributed by atoms with Crippen molar-refractivity contribution >= 4 is 11.7 Å². The zero-order chi connectivity index (χ0) is 27.0. The van der Waals surface area contributed by atoms with E-state index in [-0.39, 0.29) is 11.5 Å². The average Bonchev–Trinajstić information content (AvgIpc) is 3.28. The number of nitrogens with zero attached hydrogens (tertiary/aromatic N) is 6. The summed E-state index contributed by atoms with van der Waals surface area (Å²) >= 11 is 0. The van der Waals surface area contributed by atoms with Crippen LogP contribution in [0.15, 0.2) is 24.5 Å². The molecule has 11 heteroatoms. The largest absolute Gasteiger partial charge is 0.419 e. The second kappa shape index (κ2) is 10.8. The minimum Gasteiger partial charge on any atom is -0.353 e. The molecule has 2 fully saturated rings. The van der Waals surface area contributed by atoms with E-state index in [2.05, 4.69) is 31.6 Å². The molecule has 0 saturated carbocycles. The quantitative estimate of drug-likeness (QED) is 0.549. The first-order valence-corrected chi connectivity index (χ1v) is 13.3. The molecule has 1 aromatic heterocycles. The lowest BCUT2D eigenvalue weighted by Crippen LogP contribution is -2.52. The summed E-state index contributed by atoms with van der Waals surface area (Å²) in [5, 5.41) is 0. The molecule has 2 atom stereocenters. The molecule has 1 amide bonds. The van der Waals surface area contributed by atoms with Gasteiger partial charge >= 0.3 is 6.18 Å². The molecule has 0 bridgehead atoms. The number of hydrogen-bond acceptors (Lipinski definition) is 6. The number of fused-ring (bicyclic) bond motifs is 1. The number of rotatable bonds is 5. The van der Waals surface area contributed by atoms with Crippen molar-refractivity contribution in [2.75, 3.05) is 70.9 Å². The van der Waals surface area contributed by atoms with Crippen LogP contribution >= 0.6 is 0 Å². The van der Waals surface area contributed by atoms with Gasteiger partial charge in [0.1, 0.15) is 18.0 Å². The Morgan fingerprint density at radius 2 is 1.76 bits per heavy atom. The SMILES string of the molecule is C[C@@H]1CCc2ncnc(N3CCN(C(=O)[C@@H](CN4CCN(C)CC4)c4ccc(C(F)(F)F)c(F)c4)CC3)c21. The third-order valence-electron chi connectivity index (χ3n) is 8.18. The lowest BCUT2D eigenvalue weighted by molar-refractivity contribution is -0.140. The molecule has 1 aromatic carbocycles. The Morgan fingerprint density at radius 1 is 1.05 bits per heavy atom. The van der Waals surface area contributed by atoms with Crippen LogP contribution in [0.25, 0.3) is 0 Å². The van der Waals surface area contributed by atoms with Gasteiger partial charge in [0, 0.05) is 70.2 Å². The van der Waals surface area contributed by atoms with E-state index in [1.165, 1.54) is 11.6 Å². The van der Waals surface area contributed by atoms with Crippen molar-refractivity contribution in [2.45, 2.75) is 37.8 Å². The van der Waals surface area contributed by atoms with Crippen molar-refractivity contribution in [2.24, 2.45) is 0 Å². The van der Waals surface area contributed by atoms with Gasteiger partial charge in [-0.2, -0.15) is 13.2 Å². The maximum absolute atomic E-state index is 14.5. The van der Waals surface area contributed by atoms with Crippen molar-refractivity contribution in [3.63, 3.8) is 0 Å². The zero-order valence-corrected chi connectivity index (χ0v) is 21.8. The van der Waals surface area contributed by atoms with E-state index in [1.54, 1.807) is 11.2 Å². The molecular weight excluding hydrogens is 500 g/mol. The van der Waals surface area contributed by atoms with Gasteiger partial charge in [0.05, 0.1) is 11.5 Å². The van der Waals surface area contributed by atoms with E-state index in [1.807, 2.05) is 7.05 Å². The summed E-state index contributed by atoms with van der Waals surface area (Å²) in [6, 6.07) is 2.90. The molecule has 3 heterocycles. The summed E-state index contributed by atoms with van der Waals surface area (Å²) in [6.45, 7) is 7.82. The Morgan fingerprint density at radius 3 is 2.42 bits per heavy atom. The van der Waals surface area contributed by atoms with E-state index in [9.17, 15) is 22.4 Å². The summed E-state index contributed by atoms with van der Waals surface area (Å²) in [7, 11) is 2.03. The molecule has 38 heavy (non-hydrogen) atoms. The maximum Gasteiger partial charge on any atom is 0.419 e. The van der Waals surface area contributed by atoms with Gasteiger partial charge in [0.15, 0.2) is 0 Å². The van der Waals surface area contributed by atoms with E-state index >= 15 is 0 Å². The van der Waals surface area contributed by atoms with Gasteiger partial charge in [-0.1, -0.05) is 13.0 Å². The van der Waals surface area contributed by atoms with Crippen LogP contribution in [-0.4, -0.2) is 96.5 Å². The zero-order valence-electron chi connectivity index (χ0n) is 21.8. The number of likely N-dealkylation sites (N-methyl/N-ethyl adjacent to an activating group) is 1. The van der Waals surface area contributed by atoms with Crippen LogP contribution in [-0.2, 0) is 17.4 Å². The number of alkyl halides is 3. The van der Waals surface area contributed by atoms with Crippen LogP contribution in [0.4, 0.5) is 23.4 Å². The second-order valence-corrected chi connectivity index (χ2v) is 10.7. The first-order valence-electron chi connectivity index (χ1n) is 13.3. The molecule has 5 rings (SSSR count).